The average molecular weight is 1000 g/mol. The van der Waals surface area contributed by atoms with E-state index in [4.69, 9.17) is 5.26 Å². The van der Waals surface area contributed by atoms with Crippen molar-refractivity contribution in [2.45, 2.75) is 142 Å². The molecule has 0 spiro atoms. The second kappa shape index (κ2) is 25.0. The zero-order valence-corrected chi connectivity index (χ0v) is 42.8. The largest absolute Gasteiger partial charge is 0.391 e. The molecule has 1 aliphatic heterocycles. The minimum absolute atomic E-state index is 0.00658. The number of likely N-dealkylation sites (tertiary alicyclic amines) is 1. The zero-order chi connectivity index (χ0) is 51.2. The first-order valence-corrected chi connectivity index (χ1v) is 26.0. The van der Waals surface area contributed by atoms with Gasteiger partial charge in [-0.2, -0.15) is 20.3 Å². The lowest BCUT2D eigenvalue weighted by molar-refractivity contribution is -0.144. The van der Waals surface area contributed by atoms with Crippen LogP contribution in [0.25, 0.3) is 10.4 Å². The fourth-order valence-electron chi connectivity index (χ4n) is 8.69. The third-order valence-electron chi connectivity index (χ3n) is 12.9. The molecule has 2 aliphatic rings. The molecule has 4 heterocycles. The Labute approximate surface area is 426 Å². The Morgan fingerprint density at radius 1 is 0.875 bits per heavy atom. The fourth-order valence-corrected chi connectivity index (χ4v) is 9.50. The van der Waals surface area contributed by atoms with Crippen LogP contribution in [0.3, 0.4) is 0 Å². The van der Waals surface area contributed by atoms with Gasteiger partial charge in [-0.15, -0.1) is 11.3 Å². The van der Waals surface area contributed by atoms with Gasteiger partial charge < -0.3 is 41.9 Å². The summed E-state index contributed by atoms with van der Waals surface area (Å²) < 4.78 is 0. The molecule has 0 radical (unpaired) electrons. The molecule has 0 unspecified atom stereocenters. The molecule has 72 heavy (non-hydrogen) atoms. The van der Waals surface area contributed by atoms with Gasteiger partial charge in [0.15, 0.2) is 5.82 Å². The van der Waals surface area contributed by atoms with Gasteiger partial charge in [0, 0.05) is 68.3 Å². The Bertz CT molecular complexity index is 2650. The van der Waals surface area contributed by atoms with E-state index in [2.05, 4.69) is 63.1 Å². The number of anilines is 5. The molecular weight excluding hydrogens is 931 g/mol. The van der Waals surface area contributed by atoms with Crippen molar-refractivity contribution in [2.75, 3.05) is 35.6 Å². The van der Waals surface area contributed by atoms with Crippen molar-refractivity contribution in [3.8, 4) is 16.5 Å². The fraction of sp³-hybridized carbons (Fsp3) is 0.491. The van der Waals surface area contributed by atoms with Gasteiger partial charge in [0.25, 0.3) is 0 Å². The first kappa shape index (κ1) is 52.9. The van der Waals surface area contributed by atoms with Crippen molar-refractivity contribution in [3.05, 3.63) is 88.7 Å². The summed E-state index contributed by atoms with van der Waals surface area (Å²) in [6.45, 7) is 10.6. The number of hydrogen-bond acceptors (Lipinski definition) is 14. The van der Waals surface area contributed by atoms with E-state index in [9.17, 15) is 24.3 Å². The highest BCUT2D eigenvalue weighted by atomic mass is 32.1. The number of amides is 4. The van der Waals surface area contributed by atoms with Crippen LogP contribution in [0.4, 0.5) is 29.1 Å². The molecule has 18 nitrogen and oxygen atoms in total. The third-order valence-corrected chi connectivity index (χ3v) is 13.9. The standard InChI is InChI=1S/C53H69N13O5S/c1-33(36-16-20-38(21-17-36)48-34(2)57-32-72-48)58-50(70)42-28-40(67)31-66(42)51(71)49(53(3,4)5)63-47(69)13-10-8-6-7-9-12-46(68)56-27-11-26-55-43-30-44(60-45-29-41(64-65-45)37-18-19-37)62-52(61-43)59-39-22-14-35(15-23-39)24-25-54/h14-17,20-23,29-30,32-33,37,40,42,49,67H,6-13,18-19,24,26-28,31H2,1-5H3,(H,56,68)(H,58,70)(H,63,69)(H4,55,59,60,61,62,64,65)/t33-,40+,42-,49+/m0/s1. The molecule has 2 fully saturated rings. The number of carbonyl (C=O) groups is 4. The number of carbonyl (C=O) groups excluding carboxylic acids is 4. The summed E-state index contributed by atoms with van der Waals surface area (Å²) in [5.41, 5.74) is 6.91. The molecule has 4 amide bonds. The topological polar surface area (TPSA) is 255 Å². The number of thiazole rings is 1. The molecule has 19 heteroatoms. The number of aliphatic hydroxyl groups excluding tert-OH is 1. The molecule has 3 aromatic heterocycles. The quantitative estimate of drug-likeness (QED) is 0.0258. The van der Waals surface area contributed by atoms with Crippen molar-refractivity contribution in [3.63, 3.8) is 0 Å². The van der Waals surface area contributed by atoms with Crippen molar-refractivity contribution in [1.29, 1.82) is 5.26 Å². The summed E-state index contributed by atoms with van der Waals surface area (Å²) in [4.78, 5) is 69.8. The number of aryl methyl sites for hydroxylation is 1. The highest BCUT2D eigenvalue weighted by Crippen LogP contribution is 2.40. The van der Waals surface area contributed by atoms with Gasteiger partial charge in [-0.25, -0.2) is 4.98 Å². The van der Waals surface area contributed by atoms with E-state index in [0.717, 1.165) is 77.2 Å². The Morgan fingerprint density at radius 2 is 1.58 bits per heavy atom. The van der Waals surface area contributed by atoms with Crippen LogP contribution in [-0.4, -0.2) is 96.6 Å². The van der Waals surface area contributed by atoms with Gasteiger partial charge in [0.2, 0.25) is 29.6 Å². The molecule has 8 N–H and O–H groups in total. The van der Waals surface area contributed by atoms with Crippen LogP contribution >= 0.6 is 11.3 Å². The van der Waals surface area contributed by atoms with Gasteiger partial charge >= 0.3 is 0 Å². The van der Waals surface area contributed by atoms with Crippen molar-refractivity contribution < 1.29 is 24.3 Å². The molecule has 0 bridgehead atoms. The number of rotatable bonds is 25. The van der Waals surface area contributed by atoms with Gasteiger partial charge in [-0.05, 0) is 80.2 Å². The van der Waals surface area contributed by atoms with Crippen LogP contribution in [0, 0.1) is 23.7 Å². The van der Waals surface area contributed by atoms with E-state index >= 15 is 0 Å². The van der Waals surface area contributed by atoms with E-state index in [1.807, 2.05) is 101 Å². The molecule has 1 aliphatic carbocycles. The van der Waals surface area contributed by atoms with Crippen LogP contribution < -0.4 is 31.9 Å². The van der Waals surface area contributed by atoms with Gasteiger partial charge in [-0.1, -0.05) is 76.4 Å². The van der Waals surface area contributed by atoms with E-state index in [-0.39, 0.29) is 49.1 Å². The zero-order valence-electron chi connectivity index (χ0n) is 42.0. The van der Waals surface area contributed by atoms with Crippen LogP contribution in [-0.2, 0) is 25.6 Å². The molecule has 4 atom stereocenters. The number of H-pyrrole nitrogens is 1. The van der Waals surface area contributed by atoms with Gasteiger partial charge in [0.05, 0.1) is 40.7 Å². The number of hydrogen-bond donors (Lipinski definition) is 8. The maximum atomic E-state index is 14.1. The lowest BCUT2D eigenvalue weighted by atomic mass is 9.85. The maximum absolute atomic E-state index is 14.1. The van der Waals surface area contributed by atoms with Crippen molar-refractivity contribution in [2.24, 2.45) is 5.41 Å². The number of nitriles is 1. The van der Waals surface area contributed by atoms with E-state index in [1.54, 1.807) is 11.3 Å². The summed E-state index contributed by atoms with van der Waals surface area (Å²) in [5, 5.41) is 46.1. The van der Waals surface area contributed by atoms with Crippen LogP contribution in [0.5, 0.6) is 0 Å². The minimum Gasteiger partial charge on any atom is -0.391 e. The number of aliphatic hydroxyl groups is 1. The highest BCUT2D eigenvalue weighted by Gasteiger charge is 2.44. The second-order valence-corrected chi connectivity index (χ2v) is 20.9. The Balaban J connectivity index is 0.785. The number of benzene rings is 2. The molecule has 382 valence electrons. The number of β-amino-alcohol motifs (C(OH)–C–C–N with tert-alkyl or cyclic N) is 1. The number of nitrogens with one attached hydrogen (secondary N) is 7. The first-order valence-electron chi connectivity index (χ1n) is 25.2. The van der Waals surface area contributed by atoms with Crippen molar-refractivity contribution >= 4 is 64.1 Å². The number of aromatic amines is 1. The number of aromatic nitrogens is 5. The molecule has 1 saturated heterocycles. The molecular formula is C53H69N13O5S. The Morgan fingerprint density at radius 3 is 2.26 bits per heavy atom. The second-order valence-electron chi connectivity index (χ2n) is 20.0. The smallest absolute Gasteiger partial charge is 0.246 e. The van der Waals surface area contributed by atoms with E-state index in [1.165, 1.54) is 4.90 Å². The van der Waals surface area contributed by atoms with Crippen molar-refractivity contribution in [1.82, 2.24) is 46.0 Å². The van der Waals surface area contributed by atoms with E-state index < -0.39 is 23.6 Å². The molecule has 5 aromatic rings. The summed E-state index contributed by atoms with van der Waals surface area (Å²) >= 11 is 1.58. The Hall–Kier alpha value is -6.91. The van der Waals surface area contributed by atoms with Crippen LogP contribution in [0.1, 0.15) is 133 Å². The van der Waals surface area contributed by atoms with E-state index in [0.29, 0.717) is 68.1 Å². The Kier molecular flexibility index (Phi) is 18.3. The number of nitrogens with zero attached hydrogens (tertiary/aromatic N) is 6. The van der Waals surface area contributed by atoms with Gasteiger partial charge in [0.1, 0.15) is 23.7 Å². The third kappa shape index (κ3) is 15.3. The predicted molar refractivity (Wildman–Crippen MR) is 280 cm³/mol. The van der Waals surface area contributed by atoms with Crippen LogP contribution in [0.15, 0.2) is 66.2 Å². The lowest BCUT2D eigenvalue weighted by Gasteiger charge is -2.35. The van der Waals surface area contributed by atoms with Gasteiger partial charge in [-0.3, -0.25) is 24.3 Å². The van der Waals surface area contributed by atoms with Crippen LogP contribution in [0.2, 0.25) is 0 Å². The highest BCUT2D eigenvalue weighted by molar-refractivity contribution is 7.13. The summed E-state index contributed by atoms with van der Waals surface area (Å²) in [6, 6.07) is 19.4. The average Bonchev–Trinajstić information content (AvgIpc) is 3.72. The SMILES string of the molecule is Cc1ncsc1-c1ccc([C@H](C)NC(=O)[C@@H]2C[C@@H](O)CN2C(=O)[C@@H](NC(=O)CCCCCCCC(=O)NCCCNc2cc(Nc3cc(C4CC4)[nH]n3)nc(Nc3ccc(CC#N)cc3)n2)C(C)(C)C)cc1. The normalized spacial score (nSPS) is 16.3. The molecule has 1 saturated carbocycles. The first-order chi connectivity index (χ1) is 34.6. The summed E-state index contributed by atoms with van der Waals surface area (Å²) in [6.07, 6.45) is 7.12. The monoisotopic (exact) mass is 1000 g/mol. The summed E-state index contributed by atoms with van der Waals surface area (Å²) in [7, 11) is 0. The maximum Gasteiger partial charge on any atom is 0.246 e. The minimum atomic E-state index is -0.891. The number of unbranched alkanes of at least 4 members (excludes halogenated alkanes) is 4. The molecule has 7 rings (SSSR count). The predicted octanol–water partition coefficient (Wildman–Crippen LogP) is 8.08. The lowest BCUT2D eigenvalue weighted by Crippen LogP contribution is -2.57. The molecule has 2 aromatic carbocycles. The summed E-state index contributed by atoms with van der Waals surface area (Å²) in [5.74, 6) is 1.76.